The first-order chi connectivity index (χ1) is 13.6. The fourth-order valence-electron chi connectivity index (χ4n) is 4.48. The van der Waals surface area contributed by atoms with Gasteiger partial charge in [0.2, 0.25) is 0 Å². The average Bonchev–Trinajstić information content (AvgIpc) is 2.69. The van der Waals surface area contributed by atoms with Gasteiger partial charge in [0, 0.05) is 0 Å². The Morgan fingerprint density at radius 3 is 2.31 bits per heavy atom. The van der Waals surface area contributed by atoms with Crippen molar-refractivity contribution in [3.8, 4) is 11.8 Å². The molecule has 7 heteroatoms. The molecule has 29 heavy (non-hydrogen) atoms. The maximum atomic E-state index is 12.8. The van der Waals surface area contributed by atoms with E-state index in [9.17, 15) is 4.79 Å². The van der Waals surface area contributed by atoms with Crippen LogP contribution in [0.5, 0.6) is 5.75 Å². The summed E-state index contributed by atoms with van der Waals surface area (Å²) in [5, 5.41) is 12.6. The third-order valence-corrected chi connectivity index (χ3v) is 7.41. The van der Waals surface area contributed by atoms with Crippen LogP contribution in [-0.4, -0.2) is 23.8 Å². The topological polar surface area (TPSA) is 62.1 Å². The van der Waals surface area contributed by atoms with E-state index >= 15 is 0 Å². The van der Waals surface area contributed by atoms with Crippen molar-refractivity contribution in [1.29, 1.82) is 5.26 Å². The van der Waals surface area contributed by atoms with Crippen LogP contribution in [-0.2, 0) is 0 Å². The summed E-state index contributed by atoms with van der Waals surface area (Å²) in [6, 6.07) is 14.5. The van der Waals surface area contributed by atoms with Gasteiger partial charge < -0.3 is 0 Å². The summed E-state index contributed by atoms with van der Waals surface area (Å²) in [7, 11) is 0. The Morgan fingerprint density at radius 1 is 1.17 bits per heavy atom. The van der Waals surface area contributed by atoms with Crippen LogP contribution >= 0.6 is 11.6 Å². The molecular formula is C22H22BClIN2O2-. The Morgan fingerprint density at radius 2 is 1.79 bits per heavy atom. The summed E-state index contributed by atoms with van der Waals surface area (Å²) in [5.41, 5.74) is 6.20. The van der Waals surface area contributed by atoms with Gasteiger partial charge in [0.25, 0.3) is 0 Å². The third-order valence-electron chi connectivity index (χ3n) is 5.66. The Balaban J connectivity index is 1.74. The molecule has 3 rings (SSSR count). The third kappa shape index (κ3) is 4.13. The van der Waals surface area contributed by atoms with Crippen molar-refractivity contribution < 1.29 is 30.5 Å². The van der Waals surface area contributed by atoms with Gasteiger partial charge >= 0.3 is 149 Å². The minimum atomic E-state index is -0.476. The molecule has 2 aromatic carbocycles. The molecule has 2 aromatic rings. The minimum absolute atomic E-state index is 0.0667. The maximum absolute atomic E-state index is 12.8. The molecular weight excluding hydrogens is 497 g/mol. The molecule has 0 bridgehead atoms. The molecule has 1 N–H and O–H groups in total. The second-order valence-corrected chi connectivity index (χ2v) is 10.7. The van der Waals surface area contributed by atoms with Crippen molar-refractivity contribution in [2.24, 2.45) is 10.8 Å². The second-order valence-electron chi connectivity index (χ2n) is 8.42. The zero-order valence-corrected chi connectivity index (χ0v) is 19.7. The van der Waals surface area contributed by atoms with E-state index in [1.807, 2.05) is 30.3 Å². The van der Waals surface area contributed by atoms with Crippen molar-refractivity contribution in [2.75, 3.05) is 0 Å². The van der Waals surface area contributed by atoms with E-state index in [1.54, 1.807) is 18.2 Å². The van der Waals surface area contributed by atoms with E-state index < -0.39 is 21.0 Å². The predicted molar refractivity (Wildman–Crippen MR) is 110 cm³/mol. The molecule has 0 aromatic heterocycles. The van der Waals surface area contributed by atoms with Crippen LogP contribution in [0, 0.1) is 25.7 Å². The van der Waals surface area contributed by atoms with E-state index in [0.29, 0.717) is 21.9 Å². The summed E-state index contributed by atoms with van der Waals surface area (Å²) < 4.78 is 7.35. The van der Waals surface area contributed by atoms with Gasteiger partial charge in [-0.15, -0.1) is 0 Å². The first-order valence-electron chi connectivity index (χ1n) is 9.22. The molecule has 1 saturated carbocycles. The van der Waals surface area contributed by atoms with Crippen molar-refractivity contribution in [3.05, 3.63) is 62.2 Å². The van der Waals surface area contributed by atoms with Gasteiger partial charge in [-0.1, -0.05) is 11.6 Å². The number of carbonyl (C=O) groups is 1. The van der Waals surface area contributed by atoms with E-state index in [4.69, 9.17) is 27.3 Å². The van der Waals surface area contributed by atoms with Crippen LogP contribution in [0.4, 0.5) is 0 Å². The van der Waals surface area contributed by atoms with Gasteiger partial charge in [0.05, 0.1) is 10.6 Å². The monoisotopic (exact) mass is 519 g/mol. The normalized spacial score (nSPS) is 21.7. The summed E-state index contributed by atoms with van der Waals surface area (Å²) in [6.45, 7) is 8.34. The molecule has 4 nitrogen and oxygen atoms in total. The summed E-state index contributed by atoms with van der Waals surface area (Å²) >= 11 is 5.66. The molecule has 1 aliphatic rings. The van der Waals surface area contributed by atoms with Gasteiger partial charge in [0.1, 0.15) is 6.07 Å². The van der Waals surface area contributed by atoms with Crippen molar-refractivity contribution in [1.82, 2.24) is 5.32 Å². The van der Waals surface area contributed by atoms with Crippen LogP contribution in [0.15, 0.2) is 42.5 Å². The molecule has 0 unspecified atom stereocenters. The first kappa shape index (κ1) is 22.0. The Labute approximate surface area is 188 Å². The van der Waals surface area contributed by atoms with Crippen LogP contribution < -0.4 is 31.0 Å². The summed E-state index contributed by atoms with van der Waals surface area (Å²) in [5.74, 6) is 0.517. The van der Waals surface area contributed by atoms with E-state index in [0.717, 1.165) is 3.57 Å². The Hall–Kier alpha value is -1.72. The van der Waals surface area contributed by atoms with Crippen LogP contribution in [0.25, 0.3) is 0 Å². The molecule has 0 heterocycles. The first-order valence-corrected chi connectivity index (χ1v) is 11.9. The van der Waals surface area contributed by atoms with E-state index in [-0.39, 0.29) is 28.9 Å². The number of ether oxygens (including phenoxy) is 1. The molecule has 0 spiro atoms. The zero-order valence-electron chi connectivity index (χ0n) is 16.8. The quantitative estimate of drug-likeness (QED) is 0.477. The predicted octanol–water partition coefficient (Wildman–Crippen LogP) is 1.17. The molecule has 2 radical (unpaired) electrons. The van der Waals surface area contributed by atoms with Crippen LogP contribution in [0.1, 0.15) is 43.6 Å². The molecule has 1 fully saturated rings. The number of halogens is 2. The fourth-order valence-corrected chi connectivity index (χ4v) is 5.47. The van der Waals surface area contributed by atoms with Crippen molar-refractivity contribution >= 4 is 23.2 Å². The number of carbonyl (C=O) groups excluding carboxylic acids is 1. The molecule has 150 valence electrons. The number of rotatable bonds is 5. The summed E-state index contributed by atoms with van der Waals surface area (Å²) in [6.07, 6.45) is -0.131. The van der Waals surface area contributed by atoms with Crippen LogP contribution in [0.2, 0.25) is 5.02 Å². The van der Waals surface area contributed by atoms with E-state index in [2.05, 4.69) is 33.0 Å². The standard InChI is InChI=1S/C22H22BClIN2O2/c1-21(2)19(27-18(28)13-5-8-15(25-23)9-6-13)22(3,4)20(21)29-16-10-7-14(12-26)17(24)11-16/h5-11,19-20H,1-4H3,(H,27,28)/q-1. The SMILES string of the molecule is [B][I-]c1ccc(C(=O)NC2C(C)(C)C(Oc3ccc(C#N)c(Cl)c3)C2(C)C)cc1. The number of hydrogen-bond donors (Lipinski definition) is 1. The van der Waals surface area contributed by atoms with Crippen LogP contribution in [0.3, 0.4) is 0 Å². The van der Waals surface area contributed by atoms with Crippen molar-refractivity contribution in [2.45, 2.75) is 39.8 Å². The van der Waals surface area contributed by atoms with Gasteiger partial charge in [0.15, 0.2) is 0 Å². The number of benzene rings is 2. The fraction of sp³-hybridized carbons (Fsp3) is 0.364. The van der Waals surface area contributed by atoms with Crippen molar-refractivity contribution in [3.63, 3.8) is 0 Å². The van der Waals surface area contributed by atoms with E-state index in [1.165, 1.54) is 0 Å². The van der Waals surface area contributed by atoms with Gasteiger partial charge in [-0.3, -0.25) is 0 Å². The molecule has 0 atom stereocenters. The molecule has 1 aliphatic carbocycles. The van der Waals surface area contributed by atoms with Gasteiger partial charge in [-0.25, -0.2) is 0 Å². The number of nitrogens with one attached hydrogen (secondary N) is 1. The second kappa shape index (κ2) is 8.19. The summed E-state index contributed by atoms with van der Waals surface area (Å²) in [4.78, 5) is 12.8. The molecule has 1 amide bonds. The van der Waals surface area contributed by atoms with Gasteiger partial charge in [-0.2, -0.15) is 5.26 Å². The number of nitriles is 1. The molecule has 0 aliphatic heterocycles. The number of nitrogens with zero attached hydrogens (tertiary/aromatic N) is 1. The Bertz CT molecular complexity index is 954. The average molecular weight is 520 g/mol. The molecule has 0 saturated heterocycles. The Kier molecular flexibility index (Phi) is 6.21. The number of hydrogen-bond acceptors (Lipinski definition) is 3. The number of amides is 1. The zero-order chi connectivity index (χ0) is 21.4. The van der Waals surface area contributed by atoms with Gasteiger partial charge in [-0.05, 0) is 6.07 Å².